The Morgan fingerprint density at radius 1 is 1.12 bits per heavy atom. The van der Waals surface area contributed by atoms with Crippen molar-refractivity contribution in [2.75, 3.05) is 13.2 Å². The van der Waals surface area contributed by atoms with Gasteiger partial charge in [-0.2, -0.15) is 0 Å². The minimum Gasteiger partial charge on any atom is -0.494 e. The van der Waals surface area contributed by atoms with Crippen molar-refractivity contribution in [3.8, 4) is 5.75 Å². The van der Waals surface area contributed by atoms with Gasteiger partial charge < -0.3 is 10.1 Å². The van der Waals surface area contributed by atoms with Gasteiger partial charge in [0.1, 0.15) is 5.75 Å². The lowest BCUT2D eigenvalue weighted by Gasteiger charge is -2.18. The first-order chi connectivity index (χ1) is 8.01. The molecule has 0 radical (unpaired) electrons. The van der Waals surface area contributed by atoms with Crippen LogP contribution in [0.1, 0.15) is 39.7 Å². The first-order valence-electron chi connectivity index (χ1n) is 6.44. The molecule has 1 aromatic rings. The zero-order chi connectivity index (χ0) is 12.7. The largest absolute Gasteiger partial charge is 0.494 e. The van der Waals surface area contributed by atoms with Crippen molar-refractivity contribution >= 4 is 0 Å². The van der Waals surface area contributed by atoms with Gasteiger partial charge in [-0.25, -0.2) is 0 Å². The summed E-state index contributed by atoms with van der Waals surface area (Å²) >= 11 is 0. The van der Waals surface area contributed by atoms with Gasteiger partial charge in [0.05, 0.1) is 6.61 Å². The summed E-state index contributed by atoms with van der Waals surface area (Å²) < 4.78 is 5.72. The summed E-state index contributed by atoms with van der Waals surface area (Å²) in [6, 6.07) is 8.34. The molecule has 1 aromatic carbocycles. The second-order valence-corrected chi connectivity index (χ2v) is 5.58. The maximum absolute atomic E-state index is 5.72. The van der Waals surface area contributed by atoms with E-state index in [1.165, 1.54) is 5.56 Å². The van der Waals surface area contributed by atoms with Crippen LogP contribution in [0.5, 0.6) is 5.75 Å². The Labute approximate surface area is 105 Å². The molecule has 1 rings (SSSR count). The molecule has 0 fully saturated rings. The molecule has 0 saturated carbocycles. The number of nitrogens with one attached hydrogen (secondary N) is 1. The molecule has 0 heterocycles. The molecule has 0 bridgehead atoms. The molecule has 96 valence electrons. The molecule has 0 aliphatic carbocycles. The zero-order valence-corrected chi connectivity index (χ0v) is 11.5. The third-order valence-electron chi connectivity index (χ3n) is 2.62. The van der Waals surface area contributed by atoms with Crippen molar-refractivity contribution in [1.82, 2.24) is 5.32 Å². The van der Waals surface area contributed by atoms with Crippen molar-refractivity contribution in [1.29, 1.82) is 0 Å². The molecule has 0 saturated heterocycles. The van der Waals surface area contributed by atoms with Gasteiger partial charge in [0.25, 0.3) is 0 Å². The lowest BCUT2D eigenvalue weighted by Crippen LogP contribution is -2.12. The first kappa shape index (κ1) is 14.0. The van der Waals surface area contributed by atoms with E-state index in [2.05, 4.69) is 57.3 Å². The van der Waals surface area contributed by atoms with E-state index in [1.54, 1.807) is 0 Å². The van der Waals surface area contributed by atoms with E-state index in [1.807, 2.05) is 0 Å². The fourth-order valence-corrected chi connectivity index (χ4v) is 1.45. The molecule has 0 atom stereocenters. The zero-order valence-electron chi connectivity index (χ0n) is 11.5. The predicted octanol–water partition coefficient (Wildman–Crippen LogP) is 3.61. The Kier molecular flexibility index (Phi) is 5.49. The summed E-state index contributed by atoms with van der Waals surface area (Å²) in [7, 11) is 0. The summed E-state index contributed by atoms with van der Waals surface area (Å²) in [5, 5.41) is 3.31. The third kappa shape index (κ3) is 6.32. The van der Waals surface area contributed by atoms with Crippen molar-refractivity contribution in [3.63, 3.8) is 0 Å². The third-order valence-corrected chi connectivity index (χ3v) is 2.62. The fraction of sp³-hybridized carbons (Fsp3) is 0.600. The van der Waals surface area contributed by atoms with Crippen LogP contribution in [0.15, 0.2) is 24.3 Å². The highest BCUT2D eigenvalue weighted by Crippen LogP contribution is 2.19. The van der Waals surface area contributed by atoms with Crippen LogP contribution in [0.2, 0.25) is 0 Å². The van der Waals surface area contributed by atoms with Crippen LogP contribution >= 0.6 is 0 Å². The first-order valence-corrected chi connectivity index (χ1v) is 6.44. The highest BCUT2D eigenvalue weighted by molar-refractivity contribution is 5.27. The lowest BCUT2D eigenvalue weighted by molar-refractivity contribution is 0.243. The van der Waals surface area contributed by atoms with Gasteiger partial charge in [0.2, 0.25) is 0 Å². The maximum atomic E-state index is 5.72. The molecule has 0 aliphatic heterocycles. The highest BCUT2D eigenvalue weighted by Gasteiger charge is 2.09. The minimum absolute atomic E-state index is 0.338. The molecule has 0 spiro atoms. The standard InChI is InChI=1S/C15H25NO/c1-5-16-12-13-6-8-14(9-7-13)17-11-10-15(2,3)4/h6-9,16H,5,10-12H2,1-4H3. The average Bonchev–Trinajstić information content (AvgIpc) is 2.26. The Hall–Kier alpha value is -1.02. The molecular weight excluding hydrogens is 210 g/mol. The molecule has 0 aliphatic rings. The second kappa shape index (κ2) is 6.65. The predicted molar refractivity (Wildman–Crippen MR) is 73.4 cm³/mol. The number of rotatable bonds is 6. The van der Waals surface area contributed by atoms with E-state index in [-0.39, 0.29) is 0 Å². The van der Waals surface area contributed by atoms with Crippen LogP contribution < -0.4 is 10.1 Å². The molecule has 0 aromatic heterocycles. The van der Waals surface area contributed by atoms with Gasteiger partial charge in [-0.3, -0.25) is 0 Å². The van der Waals surface area contributed by atoms with Crippen LogP contribution in [0.3, 0.4) is 0 Å². The van der Waals surface area contributed by atoms with E-state index in [0.717, 1.165) is 31.9 Å². The van der Waals surface area contributed by atoms with Crippen molar-refractivity contribution in [2.45, 2.75) is 40.7 Å². The van der Waals surface area contributed by atoms with E-state index in [9.17, 15) is 0 Å². The van der Waals surface area contributed by atoms with E-state index in [4.69, 9.17) is 4.74 Å². The monoisotopic (exact) mass is 235 g/mol. The number of ether oxygens (including phenoxy) is 1. The molecule has 1 N–H and O–H groups in total. The van der Waals surface area contributed by atoms with E-state index >= 15 is 0 Å². The normalized spacial score (nSPS) is 11.5. The second-order valence-electron chi connectivity index (χ2n) is 5.58. The molecule has 2 heteroatoms. The van der Waals surface area contributed by atoms with E-state index in [0.29, 0.717) is 5.41 Å². The van der Waals surface area contributed by atoms with Gasteiger partial charge in [-0.05, 0) is 36.1 Å². The summed E-state index contributed by atoms with van der Waals surface area (Å²) in [4.78, 5) is 0. The molecule has 0 unspecified atom stereocenters. The molecule has 0 amide bonds. The lowest BCUT2D eigenvalue weighted by atomic mass is 9.93. The van der Waals surface area contributed by atoms with Gasteiger partial charge in [-0.1, -0.05) is 39.8 Å². The van der Waals surface area contributed by atoms with E-state index < -0.39 is 0 Å². The molecular formula is C15H25NO. The van der Waals surface area contributed by atoms with Crippen LogP contribution in [-0.2, 0) is 6.54 Å². The van der Waals surface area contributed by atoms with Crippen molar-refractivity contribution in [2.24, 2.45) is 5.41 Å². The van der Waals surface area contributed by atoms with Crippen LogP contribution in [-0.4, -0.2) is 13.2 Å². The van der Waals surface area contributed by atoms with Crippen molar-refractivity contribution in [3.05, 3.63) is 29.8 Å². The number of benzene rings is 1. The topological polar surface area (TPSA) is 21.3 Å². The smallest absolute Gasteiger partial charge is 0.119 e. The minimum atomic E-state index is 0.338. The van der Waals surface area contributed by atoms with Gasteiger partial charge in [0, 0.05) is 6.54 Å². The highest BCUT2D eigenvalue weighted by atomic mass is 16.5. The average molecular weight is 235 g/mol. The summed E-state index contributed by atoms with van der Waals surface area (Å²) in [5.74, 6) is 0.967. The SMILES string of the molecule is CCNCc1ccc(OCCC(C)(C)C)cc1. The van der Waals surface area contributed by atoms with Gasteiger partial charge >= 0.3 is 0 Å². The van der Waals surface area contributed by atoms with Crippen LogP contribution in [0.25, 0.3) is 0 Å². The number of hydrogen-bond donors (Lipinski definition) is 1. The van der Waals surface area contributed by atoms with Gasteiger partial charge in [0.15, 0.2) is 0 Å². The molecule has 17 heavy (non-hydrogen) atoms. The Morgan fingerprint density at radius 2 is 1.76 bits per heavy atom. The quantitative estimate of drug-likeness (QED) is 0.813. The fourth-order valence-electron chi connectivity index (χ4n) is 1.45. The number of hydrogen-bond acceptors (Lipinski definition) is 2. The van der Waals surface area contributed by atoms with Crippen LogP contribution in [0.4, 0.5) is 0 Å². The Balaban J connectivity index is 2.35. The molecule has 2 nitrogen and oxygen atoms in total. The summed E-state index contributed by atoms with van der Waals surface area (Å²) in [6.45, 7) is 11.5. The Bertz CT molecular complexity index is 311. The van der Waals surface area contributed by atoms with Crippen molar-refractivity contribution < 1.29 is 4.74 Å². The Morgan fingerprint density at radius 3 is 2.29 bits per heavy atom. The maximum Gasteiger partial charge on any atom is 0.119 e. The van der Waals surface area contributed by atoms with Gasteiger partial charge in [-0.15, -0.1) is 0 Å². The summed E-state index contributed by atoms with van der Waals surface area (Å²) in [5.41, 5.74) is 1.64. The summed E-state index contributed by atoms with van der Waals surface area (Å²) in [6.07, 6.45) is 1.08. The van der Waals surface area contributed by atoms with Crippen LogP contribution in [0, 0.1) is 5.41 Å².